The largest absolute Gasteiger partial charge is 0.492 e. The summed E-state index contributed by atoms with van der Waals surface area (Å²) in [5, 5.41) is 15.2. The fourth-order valence-corrected chi connectivity index (χ4v) is 3.17. The van der Waals surface area contributed by atoms with E-state index in [-0.39, 0.29) is 22.9 Å². The van der Waals surface area contributed by atoms with E-state index in [1.54, 1.807) is 6.92 Å². The van der Waals surface area contributed by atoms with Crippen molar-refractivity contribution < 1.29 is 27.4 Å². The molecule has 0 radical (unpaired) electrons. The van der Waals surface area contributed by atoms with Crippen molar-refractivity contribution in [2.45, 2.75) is 18.7 Å². The number of nitrogens with zero attached hydrogens (tertiary/aromatic N) is 1. The summed E-state index contributed by atoms with van der Waals surface area (Å²) >= 11 is 0. The zero-order valence-electron chi connectivity index (χ0n) is 12.3. The quantitative estimate of drug-likeness (QED) is 0.735. The Hall–Kier alpha value is -2.62. The van der Waals surface area contributed by atoms with Crippen LogP contribution in [0, 0.1) is 12.7 Å². The van der Waals surface area contributed by atoms with Gasteiger partial charge in [0.05, 0.1) is 18.5 Å². The van der Waals surface area contributed by atoms with Gasteiger partial charge >= 0.3 is 5.97 Å². The standard InChI is InChI=1S/C13H14FN3O5S/c1-3-22-9-5-4-8(14)11(13(18)19)12(9)17-23(20,21)10-6-15-16-7(10)2/h4-6,17H,3H2,1-2H3,(H,15,16)(H,18,19). The number of hydrogen-bond acceptors (Lipinski definition) is 5. The normalized spacial score (nSPS) is 11.3. The van der Waals surface area contributed by atoms with Crippen LogP contribution in [-0.4, -0.2) is 36.3 Å². The van der Waals surface area contributed by atoms with Gasteiger partial charge in [-0.3, -0.25) is 9.82 Å². The van der Waals surface area contributed by atoms with Crippen LogP contribution in [0.1, 0.15) is 23.0 Å². The zero-order chi connectivity index (χ0) is 17.2. The molecule has 0 aliphatic carbocycles. The third kappa shape index (κ3) is 3.26. The Balaban J connectivity index is 2.60. The number of sulfonamides is 1. The summed E-state index contributed by atoms with van der Waals surface area (Å²) in [5.74, 6) is -2.79. The molecule has 3 N–H and O–H groups in total. The van der Waals surface area contributed by atoms with E-state index in [0.717, 1.165) is 18.3 Å². The molecule has 0 aliphatic rings. The average Bonchev–Trinajstić information content (AvgIpc) is 2.88. The van der Waals surface area contributed by atoms with Crippen LogP contribution in [-0.2, 0) is 10.0 Å². The lowest BCUT2D eigenvalue weighted by Crippen LogP contribution is -2.18. The molecule has 8 nitrogen and oxygen atoms in total. The van der Waals surface area contributed by atoms with Crippen LogP contribution in [0.25, 0.3) is 0 Å². The van der Waals surface area contributed by atoms with Gasteiger partial charge in [-0.05, 0) is 26.0 Å². The Labute approximate surface area is 131 Å². The third-order valence-electron chi connectivity index (χ3n) is 2.94. The predicted molar refractivity (Wildman–Crippen MR) is 78.7 cm³/mol. The number of rotatable bonds is 6. The first kappa shape index (κ1) is 16.7. The molecule has 1 aromatic carbocycles. The minimum absolute atomic E-state index is 0.0870. The molecule has 1 heterocycles. The number of benzene rings is 1. The molecule has 0 spiro atoms. The molecule has 0 fully saturated rings. The first-order valence-corrected chi connectivity index (χ1v) is 7.97. The maximum absolute atomic E-state index is 13.8. The van der Waals surface area contributed by atoms with Crippen LogP contribution in [0.15, 0.2) is 23.2 Å². The van der Waals surface area contributed by atoms with Crippen LogP contribution >= 0.6 is 0 Å². The zero-order valence-corrected chi connectivity index (χ0v) is 13.1. The van der Waals surface area contributed by atoms with Crippen molar-refractivity contribution in [1.29, 1.82) is 0 Å². The van der Waals surface area contributed by atoms with Crippen LogP contribution in [0.3, 0.4) is 0 Å². The van der Waals surface area contributed by atoms with Crippen LogP contribution < -0.4 is 9.46 Å². The molecular weight excluding hydrogens is 329 g/mol. The van der Waals surface area contributed by atoms with Crippen LogP contribution in [0.2, 0.25) is 0 Å². The van der Waals surface area contributed by atoms with Gasteiger partial charge in [0.1, 0.15) is 27.7 Å². The van der Waals surface area contributed by atoms with Crippen LogP contribution in [0.5, 0.6) is 5.75 Å². The number of anilines is 1. The number of carboxylic acids is 1. The molecule has 0 aliphatic heterocycles. The number of nitrogens with one attached hydrogen (secondary N) is 2. The molecule has 0 saturated carbocycles. The van der Waals surface area contributed by atoms with Gasteiger partial charge in [-0.25, -0.2) is 17.6 Å². The topological polar surface area (TPSA) is 121 Å². The number of aryl methyl sites for hydroxylation is 1. The highest BCUT2D eigenvalue weighted by atomic mass is 32.2. The summed E-state index contributed by atoms with van der Waals surface area (Å²) in [5.41, 5.74) is -1.04. The van der Waals surface area contributed by atoms with E-state index >= 15 is 0 Å². The molecule has 0 bridgehead atoms. The molecule has 0 saturated heterocycles. The summed E-state index contributed by atoms with van der Waals surface area (Å²) in [6.45, 7) is 3.25. The number of aromatic carboxylic acids is 1. The average molecular weight is 343 g/mol. The van der Waals surface area contributed by atoms with Gasteiger partial charge in [0, 0.05) is 0 Å². The van der Waals surface area contributed by atoms with Crippen molar-refractivity contribution in [3.63, 3.8) is 0 Å². The number of H-pyrrole nitrogens is 1. The fraction of sp³-hybridized carbons (Fsp3) is 0.231. The minimum atomic E-state index is -4.17. The van der Waals surface area contributed by atoms with Crippen molar-refractivity contribution in [3.8, 4) is 5.75 Å². The second kappa shape index (κ2) is 6.24. The lowest BCUT2D eigenvalue weighted by Gasteiger charge is -2.15. The number of carbonyl (C=O) groups is 1. The van der Waals surface area contributed by atoms with Gasteiger partial charge in [0.15, 0.2) is 0 Å². The van der Waals surface area contributed by atoms with Crippen molar-refractivity contribution in [2.24, 2.45) is 0 Å². The molecule has 2 rings (SSSR count). The first-order valence-electron chi connectivity index (χ1n) is 6.49. The number of halogens is 1. The number of ether oxygens (including phenoxy) is 1. The summed E-state index contributed by atoms with van der Waals surface area (Å²) < 4.78 is 45.9. The van der Waals surface area contributed by atoms with Gasteiger partial charge < -0.3 is 9.84 Å². The fourth-order valence-electron chi connectivity index (χ4n) is 1.94. The van der Waals surface area contributed by atoms with Crippen molar-refractivity contribution in [1.82, 2.24) is 10.2 Å². The Morgan fingerprint density at radius 3 is 2.70 bits per heavy atom. The maximum Gasteiger partial charge on any atom is 0.340 e. The molecular formula is C13H14FN3O5S. The van der Waals surface area contributed by atoms with Crippen molar-refractivity contribution >= 4 is 21.7 Å². The van der Waals surface area contributed by atoms with E-state index in [4.69, 9.17) is 4.74 Å². The molecule has 10 heteroatoms. The minimum Gasteiger partial charge on any atom is -0.492 e. The lowest BCUT2D eigenvalue weighted by atomic mass is 10.1. The highest BCUT2D eigenvalue weighted by molar-refractivity contribution is 7.92. The Morgan fingerprint density at radius 2 is 2.17 bits per heavy atom. The molecule has 0 atom stereocenters. The molecule has 1 aromatic heterocycles. The van der Waals surface area contributed by atoms with Crippen molar-refractivity contribution in [3.05, 3.63) is 35.4 Å². The number of aromatic nitrogens is 2. The second-order valence-corrected chi connectivity index (χ2v) is 6.15. The SMILES string of the molecule is CCOc1ccc(F)c(C(=O)O)c1NS(=O)(=O)c1cn[nH]c1C. The van der Waals surface area contributed by atoms with E-state index in [0.29, 0.717) is 0 Å². The highest BCUT2D eigenvalue weighted by Gasteiger charge is 2.26. The van der Waals surface area contributed by atoms with Crippen molar-refractivity contribution in [2.75, 3.05) is 11.3 Å². The Bertz CT molecular complexity index is 847. The molecule has 23 heavy (non-hydrogen) atoms. The molecule has 0 unspecified atom stereocenters. The van der Waals surface area contributed by atoms with E-state index in [9.17, 15) is 22.7 Å². The summed E-state index contributed by atoms with van der Waals surface area (Å²) in [7, 11) is -4.17. The molecule has 124 valence electrons. The van der Waals surface area contributed by atoms with Gasteiger partial charge in [-0.2, -0.15) is 5.10 Å². The van der Waals surface area contributed by atoms with E-state index in [1.807, 2.05) is 0 Å². The van der Waals surface area contributed by atoms with Gasteiger partial charge in [0.25, 0.3) is 10.0 Å². The third-order valence-corrected chi connectivity index (χ3v) is 4.40. The van der Waals surface area contributed by atoms with E-state index in [1.165, 1.54) is 6.92 Å². The first-order chi connectivity index (χ1) is 10.8. The lowest BCUT2D eigenvalue weighted by molar-refractivity contribution is 0.0692. The molecule has 2 aromatic rings. The Morgan fingerprint density at radius 1 is 1.48 bits per heavy atom. The summed E-state index contributed by atoms with van der Waals surface area (Å²) in [4.78, 5) is 11.1. The smallest absolute Gasteiger partial charge is 0.340 e. The number of aromatic amines is 1. The van der Waals surface area contributed by atoms with Crippen LogP contribution in [0.4, 0.5) is 10.1 Å². The Kier molecular flexibility index (Phi) is 4.55. The number of hydrogen-bond donors (Lipinski definition) is 3. The predicted octanol–water partition coefficient (Wildman–Crippen LogP) is 1.75. The monoisotopic (exact) mass is 343 g/mol. The second-order valence-electron chi connectivity index (χ2n) is 4.50. The summed E-state index contributed by atoms with van der Waals surface area (Å²) in [6, 6.07) is 2.06. The van der Waals surface area contributed by atoms with E-state index < -0.39 is 33.1 Å². The van der Waals surface area contributed by atoms with Gasteiger partial charge in [-0.1, -0.05) is 0 Å². The van der Waals surface area contributed by atoms with Gasteiger partial charge in [-0.15, -0.1) is 0 Å². The highest BCUT2D eigenvalue weighted by Crippen LogP contribution is 2.33. The molecule has 0 amide bonds. The van der Waals surface area contributed by atoms with Gasteiger partial charge in [0.2, 0.25) is 0 Å². The van der Waals surface area contributed by atoms with E-state index in [2.05, 4.69) is 14.9 Å². The summed E-state index contributed by atoms with van der Waals surface area (Å²) in [6.07, 6.45) is 1.07. The maximum atomic E-state index is 13.8. The number of carboxylic acid groups (broad SMARTS) is 1.